The number of nitrogens with one attached hydrogen (secondary N) is 1. The maximum atomic E-state index is 3.79. The Morgan fingerprint density at radius 3 is 2.44 bits per heavy atom. The summed E-state index contributed by atoms with van der Waals surface area (Å²) in [5.74, 6) is 0. The topological polar surface area (TPSA) is 15.3 Å². The van der Waals surface area contributed by atoms with E-state index in [4.69, 9.17) is 0 Å². The molecule has 18 heavy (non-hydrogen) atoms. The van der Waals surface area contributed by atoms with Crippen molar-refractivity contribution in [3.8, 4) is 0 Å². The highest BCUT2D eigenvalue weighted by molar-refractivity contribution is 5.01. The molecule has 2 rings (SSSR count). The lowest BCUT2D eigenvalue weighted by molar-refractivity contribution is 0.00822. The molecule has 1 N–H and O–H groups in total. The molecule has 0 bridgehead atoms. The fraction of sp³-hybridized carbons (Fsp3) is 1.00. The van der Waals surface area contributed by atoms with Crippen LogP contribution < -0.4 is 5.32 Å². The second-order valence-electron chi connectivity index (χ2n) is 7.43. The zero-order valence-corrected chi connectivity index (χ0v) is 13.1. The van der Waals surface area contributed by atoms with E-state index in [0.717, 1.165) is 12.1 Å². The lowest BCUT2D eigenvalue weighted by Crippen LogP contribution is -2.65. The highest BCUT2D eigenvalue weighted by Gasteiger charge is 2.44. The SMILES string of the molecule is CCC1CNC(C)(CC)CN1C1CCCC1(C)C. The van der Waals surface area contributed by atoms with Gasteiger partial charge in [0, 0.05) is 30.7 Å². The van der Waals surface area contributed by atoms with Gasteiger partial charge in [-0.1, -0.05) is 34.1 Å². The molecule has 2 aliphatic rings. The van der Waals surface area contributed by atoms with Crippen molar-refractivity contribution in [3.63, 3.8) is 0 Å². The van der Waals surface area contributed by atoms with Crippen molar-refractivity contribution in [2.24, 2.45) is 5.41 Å². The molecule has 2 fully saturated rings. The van der Waals surface area contributed by atoms with Gasteiger partial charge in [0.1, 0.15) is 0 Å². The van der Waals surface area contributed by atoms with Crippen LogP contribution in [0.1, 0.15) is 66.7 Å². The molecule has 2 heteroatoms. The predicted molar refractivity (Wildman–Crippen MR) is 78.9 cm³/mol. The van der Waals surface area contributed by atoms with E-state index in [0.29, 0.717) is 11.0 Å². The number of nitrogens with zero attached hydrogens (tertiary/aromatic N) is 1. The van der Waals surface area contributed by atoms with Crippen LogP contribution in [0.3, 0.4) is 0 Å². The molecule has 106 valence electrons. The van der Waals surface area contributed by atoms with Crippen LogP contribution in [0, 0.1) is 5.41 Å². The minimum absolute atomic E-state index is 0.324. The fourth-order valence-corrected chi connectivity index (χ4v) is 3.97. The molecule has 1 aliphatic heterocycles. The average molecular weight is 252 g/mol. The minimum atomic E-state index is 0.324. The van der Waals surface area contributed by atoms with Gasteiger partial charge in [0.15, 0.2) is 0 Å². The Hall–Kier alpha value is -0.0800. The summed E-state index contributed by atoms with van der Waals surface area (Å²) in [6.07, 6.45) is 6.73. The van der Waals surface area contributed by atoms with Gasteiger partial charge < -0.3 is 5.32 Å². The van der Waals surface area contributed by atoms with E-state index in [1.54, 1.807) is 0 Å². The van der Waals surface area contributed by atoms with E-state index in [1.165, 1.54) is 45.2 Å². The maximum Gasteiger partial charge on any atom is 0.0278 e. The molecule has 0 aromatic carbocycles. The Morgan fingerprint density at radius 1 is 1.22 bits per heavy atom. The van der Waals surface area contributed by atoms with Crippen LogP contribution >= 0.6 is 0 Å². The number of hydrogen-bond acceptors (Lipinski definition) is 2. The number of piperazine rings is 1. The zero-order chi connectivity index (χ0) is 13.4. The van der Waals surface area contributed by atoms with Crippen molar-refractivity contribution >= 4 is 0 Å². The van der Waals surface area contributed by atoms with E-state index < -0.39 is 0 Å². The summed E-state index contributed by atoms with van der Waals surface area (Å²) in [4.78, 5) is 2.85. The molecular formula is C16H32N2. The van der Waals surface area contributed by atoms with E-state index >= 15 is 0 Å². The molecule has 1 heterocycles. The maximum absolute atomic E-state index is 3.79. The third-order valence-corrected chi connectivity index (χ3v) is 5.62. The summed E-state index contributed by atoms with van der Waals surface area (Å²) in [6.45, 7) is 14.4. The molecule has 1 aliphatic carbocycles. The zero-order valence-electron chi connectivity index (χ0n) is 13.1. The Labute approximate surface area is 114 Å². The van der Waals surface area contributed by atoms with Gasteiger partial charge in [-0.25, -0.2) is 0 Å². The lowest BCUT2D eigenvalue weighted by atomic mass is 9.83. The van der Waals surface area contributed by atoms with Crippen LogP contribution in [0.4, 0.5) is 0 Å². The van der Waals surface area contributed by atoms with E-state index in [-0.39, 0.29) is 0 Å². The summed E-state index contributed by atoms with van der Waals surface area (Å²) >= 11 is 0. The quantitative estimate of drug-likeness (QED) is 0.828. The van der Waals surface area contributed by atoms with Gasteiger partial charge in [0.05, 0.1) is 0 Å². The third-order valence-electron chi connectivity index (χ3n) is 5.62. The first-order chi connectivity index (χ1) is 8.42. The molecule has 0 aromatic rings. The molecule has 2 nitrogen and oxygen atoms in total. The van der Waals surface area contributed by atoms with Gasteiger partial charge in [0.25, 0.3) is 0 Å². The predicted octanol–water partition coefficient (Wildman–Crippen LogP) is 3.42. The molecule has 0 amide bonds. The van der Waals surface area contributed by atoms with Gasteiger partial charge in [-0.2, -0.15) is 0 Å². The lowest BCUT2D eigenvalue weighted by Gasteiger charge is -2.51. The Morgan fingerprint density at radius 2 is 1.94 bits per heavy atom. The third kappa shape index (κ3) is 2.60. The first kappa shape index (κ1) is 14.3. The van der Waals surface area contributed by atoms with Gasteiger partial charge in [-0.15, -0.1) is 0 Å². The van der Waals surface area contributed by atoms with Crippen molar-refractivity contribution in [3.05, 3.63) is 0 Å². The monoisotopic (exact) mass is 252 g/mol. The fourth-order valence-electron chi connectivity index (χ4n) is 3.97. The van der Waals surface area contributed by atoms with Crippen LogP contribution in [0.15, 0.2) is 0 Å². The minimum Gasteiger partial charge on any atom is -0.309 e. The van der Waals surface area contributed by atoms with Gasteiger partial charge in [-0.3, -0.25) is 4.90 Å². The first-order valence-corrected chi connectivity index (χ1v) is 7.92. The standard InChI is InChI=1S/C16H32N2/c1-6-13-11-17-16(5,7-2)12-18(13)14-9-8-10-15(14,3)4/h13-14,17H,6-12H2,1-5H3. The van der Waals surface area contributed by atoms with Crippen molar-refractivity contribution in [1.82, 2.24) is 10.2 Å². The summed E-state index contributed by atoms with van der Waals surface area (Å²) in [5.41, 5.74) is 0.837. The van der Waals surface area contributed by atoms with Crippen LogP contribution in [0.2, 0.25) is 0 Å². The molecule has 0 spiro atoms. The largest absolute Gasteiger partial charge is 0.309 e. The van der Waals surface area contributed by atoms with Gasteiger partial charge in [-0.05, 0) is 38.0 Å². The molecular weight excluding hydrogens is 220 g/mol. The van der Waals surface area contributed by atoms with Gasteiger partial charge in [0.2, 0.25) is 0 Å². The van der Waals surface area contributed by atoms with Crippen LogP contribution in [0.25, 0.3) is 0 Å². The van der Waals surface area contributed by atoms with Crippen LogP contribution in [0.5, 0.6) is 0 Å². The van der Waals surface area contributed by atoms with Gasteiger partial charge >= 0.3 is 0 Å². The van der Waals surface area contributed by atoms with Crippen molar-refractivity contribution in [2.45, 2.75) is 84.3 Å². The highest BCUT2D eigenvalue weighted by atomic mass is 15.3. The van der Waals surface area contributed by atoms with Crippen molar-refractivity contribution in [2.75, 3.05) is 13.1 Å². The Bertz CT molecular complexity index is 287. The highest BCUT2D eigenvalue weighted by Crippen LogP contribution is 2.42. The van der Waals surface area contributed by atoms with E-state index in [9.17, 15) is 0 Å². The van der Waals surface area contributed by atoms with Crippen LogP contribution in [-0.4, -0.2) is 35.6 Å². The second-order valence-corrected chi connectivity index (χ2v) is 7.43. The molecule has 1 saturated carbocycles. The summed E-state index contributed by atoms with van der Waals surface area (Å²) in [7, 11) is 0. The van der Waals surface area contributed by atoms with Crippen LogP contribution in [-0.2, 0) is 0 Å². The molecule has 1 saturated heterocycles. The normalized spacial score (nSPS) is 41.2. The summed E-state index contributed by atoms with van der Waals surface area (Å²) in [5, 5.41) is 3.79. The Kier molecular flexibility index (Phi) is 4.08. The summed E-state index contributed by atoms with van der Waals surface area (Å²) < 4.78 is 0. The van der Waals surface area contributed by atoms with Crippen molar-refractivity contribution in [1.29, 1.82) is 0 Å². The number of hydrogen-bond donors (Lipinski definition) is 1. The summed E-state index contributed by atoms with van der Waals surface area (Å²) in [6, 6.07) is 1.54. The second kappa shape index (κ2) is 5.13. The molecule has 0 aromatic heterocycles. The first-order valence-electron chi connectivity index (χ1n) is 7.92. The van der Waals surface area contributed by atoms with E-state index in [1.807, 2.05) is 0 Å². The molecule has 0 radical (unpaired) electrons. The average Bonchev–Trinajstić information content (AvgIpc) is 2.69. The molecule has 3 atom stereocenters. The smallest absolute Gasteiger partial charge is 0.0278 e. The molecule has 3 unspecified atom stereocenters. The number of rotatable bonds is 3. The van der Waals surface area contributed by atoms with Crippen molar-refractivity contribution < 1.29 is 0 Å². The van der Waals surface area contributed by atoms with E-state index in [2.05, 4.69) is 44.8 Å². The Balaban J connectivity index is 2.16.